The molecule has 0 atom stereocenters. The third kappa shape index (κ3) is 2.40. The average Bonchev–Trinajstić information content (AvgIpc) is 2.62. The molecule has 0 fully saturated rings. The van der Waals surface area contributed by atoms with E-state index in [0.29, 0.717) is 5.92 Å². The maximum atomic E-state index is 11.4. The fourth-order valence-electron chi connectivity index (χ4n) is 1.80. The van der Waals surface area contributed by atoms with Gasteiger partial charge in [-0.15, -0.1) is 11.3 Å². The van der Waals surface area contributed by atoms with Gasteiger partial charge in [0, 0.05) is 10.3 Å². The number of rotatable bonds is 4. The highest BCUT2D eigenvalue weighted by Gasteiger charge is 2.18. The van der Waals surface area contributed by atoms with Gasteiger partial charge in [0.05, 0.1) is 12.7 Å². The number of methoxy groups -OCH3 is 1. The number of carbonyl (C=O) groups excluding carboxylic acids is 1. The summed E-state index contributed by atoms with van der Waals surface area (Å²) in [5.41, 5.74) is 1.82. The fraction of sp³-hybridized carbons (Fsp3) is 0.583. The van der Waals surface area contributed by atoms with Gasteiger partial charge in [-0.1, -0.05) is 13.8 Å². The topological polar surface area (TPSA) is 26.3 Å². The van der Waals surface area contributed by atoms with Crippen LogP contribution in [0.1, 0.15) is 53.4 Å². The molecular weight excluding hydrogens is 208 g/mol. The van der Waals surface area contributed by atoms with E-state index in [1.807, 2.05) is 12.3 Å². The summed E-state index contributed by atoms with van der Waals surface area (Å²) >= 11 is 1.68. The van der Waals surface area contributed by atoms with E-state index >= 15 is 0 Å². The predicted molar refractivity (Wildman–Crippen MR) is 63.7 cm³/mol. The first-order chi connectivity index (χ1) is 7.15. The van der Waals surface area contributed by atoms with Crippen molar-refractivity contribution in [3.63, 3.8) is 0 Å². The molecule has 0 unspecified atom stereocenters. The Morgan fingerprint density at radius 2 is 2.07 bits per heavy atom. The van der Waals surface area contributed by atoms with Gasteiger partial charge in [0.1, 0.15) is 0 Å². The Bertz CT molecular complexity index is 337. The van der Waals surface area contributed by atoms with Crippen LogP contribution in [0, 0.1) is 6.92 Å². The van der Waals surface area contributed by atoms with Crippen molar-refractivity contribution in [1.82, 2.24) is 0 Å². The van der Waals surface area contributed by atoms with Crippen LogP contribution in [0.15, 0.2) is 5.38 Å². The van der Waals surface area contributed by atoms with Crippen molar-refractivity contribution in [1.29, 1.82) is 0 Å². The zero-order chi connectivity index (χ0) is 11.4. The van der Waals surface area contributed by atoms with E-state index in [9.17, 15) is 4.79 Å². The average molecular weight is 226 g/mol. The first-order valence-corrected chi connectivity index (χ1v) is 6.19. The monoisotopic (exact) mass is 226 g/mol. The van der Waals surface area contributed by atoms with Gasteiger partial charge in [-0.05, 0) is 31.2 Å². The lowest BCUT2D eigenvalue weighted by Gasteiger charge is -2.11. The van der Waals surface area contributed by atoms with Gasteiger partial charge in [0.15, 0.2) is 0 Å². The second-order valence-corrected chi connectivity index (χ2v) is 4.55. The van der Waals surface area contributed by atoms with Crippen molar-refractivity contribution in [2.75, 3.05) is 7.11 Å². The van der Waals surface area contributed by atoms with E-state index in [1.165, 1.54) is 12.0 Å². The van der Waals surface area contributed by atoms with Crippen LogP contribution in [-0.4, -0.2) is 13.1 Å². The molecule has 0 amide bonds. The van der Waals surface area contributed by atoms with Crippen molar-refractivity contribution in [2.24, 2.45) is 0 Å². The van der Waals surface area contributed by atoms with Crippen LogP contribution >= 0.6 is 11.3 Å². The van der Waals surface area contributed by atoms with Gasteiger partial charge in [0.25, 0.3) is 0 Å². The van der Waals surface area contributed by atoms with E-state index < -0.39 is 0 Å². The molecule has 1 rings (SSSR count). The maximum Gasteiger partial charge on any atom is 0.338 e. The third-order valence-corrected chi connectivity index (χ3v) is 4.09. The standard InChI is InChI=1S/C12H18O2S/c1-5-9(6-2)11-8(3)10(7-15-11)12(13)14-4/h7,9H,5-6H2,1-4H3. The SMILES string of the molecule is CCC(CC)c1scc(C(=O)OC)c1C. The molecule has 0 radical (unpaired) electrons. The van der Waals surface area contributed by atoms with E-state index in [4.69, 9.17) is 4.74 Å². The van der Waals surface area contributed by atoms with Crippen LogP contribution in [0.4, 0.5) is 0 Å². The number of carbonyl (C=O) groups is 1. The normalized spacial score (nSPS) is 10.7. The van der Waals surface area contributed by atoms with E-state index in [1.54, 1.807) is 11.3 Å². The molecule has 84 valence electrons. The summed E-state index contributed by atoms with van der Waals surface area (Å²) in [4.78, 5) is 12.8. The Labute approximate surface area is 95.3 Å². The molecule has 0 bridgehead atoms. The number of thiophene rings is 1. The van der Waals surface area contributed by atoms with Gasteiger partial charge >= 0.3 is 5.97 Å². The molecule has 0 aliphatic carbocycles. The highest BCUT2D eigenvalue weighted by Crippen LogP contribution is 2.33. The van der Waals surface area contributed by atoms with E-state index in [-0.39, 0.29) is 5.97 Å². The minimum absolute atomic E-state index is 0.221. The van der Waals surface area contributed by atoms with Gasteiger partial charge in [-0.3, -0.25) is 0 Å². The van der Waals surface area contributed by atoms with Gasteiger partial charge < -0.3 is 4.74 Å². The van der Waals surface area contributed by atoms with E-state index in [2.05, 4.69) is 13.8 Å². The molecule has 3 heteroatoms. The van der Waals surface area contributed by atoms with Gasteiger partial charge in [0.2, 0.25) is 0 Å². The summed E-state index contributed by atoms with van der Waals surface area (Å²) in [6, 6.07) is 0. The quantitative estimate of drug-likeness (QED) is 0.731. The summed E-state index contributed by atoms with van der Waals surface area (Å²) in [6.45, 7) is 6.38. The first-order valence-electron chi connectivity index (χ1n) is 5.31. The van der Waals surface area contributed by atoms with Crippen LogP contribution in [0.3, 0.4) is 0 Å². The molecule has 0 saturated heterocycles. The van der Waals surface area contributed by atoms with Gasteiger partial charge in [-0.25, -0.2) is 4.79 Å². The third-order valence-electron chi connectivity index (χ3n) is 2.84. The van der Waals surface area contributed by atoms with Crippen LogP contribution in [0.2, 0.25) is 0 Å². The minimum atomic E-state index is -0.221. The highest BCUT2D eigenvalue weighted by molar-refractivity contribution is 7.10. The molecule has 1 heterocycles. The Kier molecular flexibility index (Phi) is 4.33. The van der Waals surface area contributed by atoms with Crippen LogP contribution in [0.5, 0.6) is 0 Å². The number of hydrogen-bond donors (Lipinski definition) is 0. The largest absolute Gasteiger partial charge is 0.465 e. The molecule has 15 heavy (non-hydrogen) atoms. The van der Waals surface area contributed by atoms with Gasteiger partial charge in [-0.2, -0.15) is 0 Å². The van der Waals surface area contributed by atoms with Crippen molar-refractivity contribution >= 4 is 17.3 Å². The summed E-state index contributed by atoms with van der Waals surface area (Å²) in [5, 5.41) is 1.91. The van der Waals surface area contributed by atoms with Crippen molar-refractivity contribution in [3.8, 4) is 0 Å². The molecule has 0 spiro atoms. The lowest BCUT2D eigenvalue weighted by atomic mass is 9.97. The maximum absolute atomic E-state index is 11.4. The van der Waals surface area contributed by atoms with Crippen LogP contribution in [0.25, 0.3) is 0 Å². The Morgan fingerprint density at radius 1 is 1.47 bits per heavy atom. The molecule has 0 N–H and O–H groups in total. The zero-order valence-corrected chi connectivity index (χ0v) is 10.6. The second kappa shape index (κ2) is 5.31. The van der Waals surface area contributed by atoms with E-state index in [0.717, 1.165) is 24.0 Å². The summed E-state index contributed by atoms with van der Waals surface area (Å²) in [7, 11) is 1.43. The number of hydrogen-bond acceptors (Lipinski definition) is 3. The minimum Gasteiger partial charge on any atom is -0.465 e. The fourth-order valence-corrected chi connectivity index (χ4v) is 3.14. The Hall–Kier alpha value is -0.830. The van der Waals surface area contributed by atoms with Crippen molar-refractivity contribution < 1.29 is 9.53 Å². The molecule has 0 saturated carbocycles. The zero-order valence-electron chi connectivity index (χ0n) is 9.79. The smallest absolute Gasteiger partial charge is 0.338 e. The summed E-state index contributed by atoms with van der Waals surface area (Å²) in [5.74, 6) is 0.356. The van der Waals surface area contributed by atoms with Crippen LogP contribution < -0.4 is 0 Å². The first kappa shape index (κ1) is 12.2. The molecule has 0 aromatic carbocycles. The number of esters is 1. The Balaban J connectivity index is 3.02. The predicted octanol–water partition coefficient (Wildman–Crippen LogP) is 3.75. The molecule has 2 nitrogen and oxygen atoms in total. The Morgan fingerprint density at radius 3 is 2.53 bits per heavy atom. The summed E-state index contributed by atoms with van der Waals surface area (Å²) in [6.07, 6.45) is 2.25. The van der Waals surface area contributed by atoms with Crippen LogP contribution in [-0.2, 0) is 4.74 Å². The molecule has 1 aromatic heterocycles. The highest BCUT2D eigenvalue weighted by atomic mass is 32.1. The molecule has 0 aliphatic heterocycles. The number of ether oxygens (including phenoxy) is 1. The molecule has 0 aliphatic rings. The van der Waals surface area contributed by atoms with Crippen molar-refractivity contribution in [2.45, 2.75) is 39.5 Å². The molecular formula is C12H18O2S. The second-order valence-electron chi connectivity index (χ2n) is 3.64. The van der Waals surface area contributed by atoms with Crippen molar-refractivity contribution in [3.05, 3.63) is 21.4 Å². The lowest BCUT2D eigenvalue weighted by molar-refractivity contribution is 0.0600. The lowest BCUT2D eigenvalue weighted by Crippen LogP contribution is -2.03. The summed E-state index contributed by atoms with van der Waals surface area (Å²) < 4.78 is 4.75. The molecule has 1 aromatic rings.